The Bertz CT molecular complexity index is 827. The Hall–Kier alpha value is -2.71. The van der Waals surface area contributed by atoms with Crippen molar-refractivity contribution in [3.05, 3.63) is 59.7 Å². The van der Waals surface area contributed by atoms with Crippen LogP contribution in [0.2, 0.25) is 0 Å². The number of carbonyl (C=O) groups is 1. The normalized spacial score (nSPS) is 16.4. The molecular weight excluding hydrogens is 374 g/mol. The van der Waals surface area contributed by atoms with Crippen LogP contribution in [0.5, 0.6) is 11.5 Å². The van der Waals surface area contributed by atoms with Crippen LogP contribution in [0.3, 0.4) is 0 Å². The summed E-state index contributed by atoms with van der Waals surface area (Å²) >= 11 is 0. The maximum absolute atomic E-state index is 13.2. The maximum Gasteiger partial charge on any atom is 0.586 e. The number of esters is 1. The van der Waals surface area contributed by atoms with Crippen LogP contribution in [-0.4, -0.2) is 30.6 Å². The highest BCUT2D eigenvalue weighted by atomic mass is 19.3. The van der Waals surface area contributed by atoms with E-state index in [-0.39, 0.29) is 36.7 Å². The summed E-state index contributed by atoms with van der Waals surface area (Å²) in [6.07, 6.45) is -3.92. The van der Waals surface area contributed by atoms with E-state index in [9.17, 15) is 18.7 Å². The molecule has 150 valence electrons. The fourth-order valence-corrected chi connectivity index (χ4v) is 2.81. The molecule has 6 nitrogen and oxygen atoms in total. The van der Waals surface area contributed by atoms with Crippen molar-refractivity contribution in [1.82, 2.24) is 0 Å². The topological polar surface area (TPSA) is 74.2 Å². The van der Waals surface area contributed by atoms with Crippen LogP contribution in [-0.2, 0) is 26.5 Å². The minimum absolute atomic E-state index is 0.0365. The summed E-state index contributed by atoms with van der Waals surface area (Å²) in [4.78, 5) is 12.4. The van der Waals surface area contributed by atoms with Crippen molar-refractivity contribution < 1.29 is 37.6 Å². The zero-order valence-electron chi connectivity index (χ0n) is 15.2. The average molecular weight is 394 g/mol. The van der Waals surface area contributed by atoms with Gasteiger partial charge in [-0.25, -0.2) is 4.79 Å². The number of rotatable bonds is 8. The Balaban J connectivity index is 1.74. The van der Waals surface area contributed by atoms with Gasteiger partial charge in [-0.05, 0) is 30.2 Å². The predicted molar refractivity (Wildman–Crippen MR) is 93.9 cm³/mol. The van der Waals surface area contributed by atoms with E-state index in [4.69, 9.17) is 9.47 Å². The number of carbonyl (C=O) groups excluding carboxylic acids is 1. The number of benzene rings is 2. The van der Waals surface area contributed by atoms with Crippen molar-refractivity contribution in [1.29, 1.82) is 0 Å². The molecule has 1 unspecified atom stereocenters. The summed E-state index contributed by atoms with van der Waals surface area (Å²) in [6, 6.07) is 13.1. The first-order chi connectivity index (χ1) is 13.3. The Kier molecular flexibility index (Phi) is 5.81. The molecule has 0 amide bonds. The fraction of sp³-hybridized carbons (Fsp3) is 0.350. The SMILES string of the molecule is CCOC(=O)C(O)(CCOCc1ccccc1)c1ccc2c(c1)OC(F)(F)O2. The molecule has 0 spiro atoms. The van der Waals surface area contributed by atoms with Gasteiger partial charge in [-0.3, -0.25) is 0 Å². The molecule has 0 bridgehead atoms. The smallest absolute Gasteiger partial charge is 0.464 e. The lowest BCUT2D eigenvalue weighted by Gasteiger charge is -2.26. The number of ether oxygens (including phenoxy) is 4. The van der Waals surface area contributed by atoms with Crippen molar-refractivity contribution in [2.75, 3.05) is 13.2 Å². The van der Waals surface area contributed by atoms with E-state index >= 15 is 0 Å². The van der Waals surface area contributed by atoms with Crippen molar-refractivity contribution in [2.45, 2.75) is 31.8 Å². The van der Waals surface area contributed by atoms with Gasteiger partial charge in [0.15, 0.2) is 17.1 Å². The van der Waals surface area contributed by atoms with Crippen LogP contribution in [0.25, 0.3) is 0 Å². The molecule has 0 saturated heterocycles. The van der Waals surface area contributed by atoms with E-state index in [1.165, 1.54) is 12.1 Å². The zero-order valence-corrected chi connectivity index (χ0v) is 15.2. The van der Waals surface area contributed by atoms with E-state index in [1.54, 1.807) is 6.92 Å². The van der Waals surface area contributed by atoms with Gasteiger partial charge in [0, 0.05) is 6.42 Å². The van der Waals surface area contributed by atoms with Gasteiger partial charge >= 0.3 is 12.3 Å². The Morgan fingerprint density at radius 1 is 1.14 bits per heavy atom. The lowest BCUT2D eigenvalue weighted by molar-refractivity contribution is -0.286. The van der Waals surface area contributed by atoms with E-state index in [0.29, 0.717) is 6.61 Å². The molecule has 2 aromatic carbocycles. The Morgan fingerprint density at radius 2 is 1.86 bits per heavy atom. The molecule has 1 atom stereocenters. The van der Waals surface area contributed by atoms with Gasteiger partial charge < -0.3 is 24.1 Å². The highest BCUT2D eigenvalue weighted by molar-refractivity contribution is 5.81. The summed E-state index contributed by atoms with van der Waals surface area (Å²) in [5.74, 6) is -1.35. The highest BCUT2D eigenvalue weighted by Crippen LogP contribution is 2.43. The Labute approximate surface area is 160 Å². The predicted octanol–water partition coefficient (Wildman–Crippen LogP) is 3.37. The first-order valence-corrected chi connectivity index (χ1v) is 8.76. The first kappa shape index (κ1) is 20.0. The number of fused-ring (bicyclic) bond motifs is 1. The molecule has 0 aliphatic carbocycles. The van der Waals surface area contributed by atoms with Crippen LogP contribution in [0.15, 0.2) is 48.5 Å². The van der Waals surface area contributed by atoms with E-state index in [1.807, 2.05) is 30.3 Å². The van der Waals surface area contributed by atoms with Gasteiger partial charge in [0.25, 0.3) is 0 Å². The minimum Gasteiger partial charge on any atom is -0.464 e. The first-order valence-electron chi connectivity index (χ1n) is 8.76. The van der Waals surface area contributed by atoms with Gasteiger partial charge in [0.05, 0.1) is 19.8 Å². The molecule has 0 fully saturated rings. The molecule has 1 aliphatic heterocycles. The van der Waals surface area contributed by atoms with Crippen LogP contribution < -0.4 is 9.47 Å². The third-order valence-corrected chi connectivity index (χ3v) is 4.21. The average Bonchev–Trinajstić information content (AvgIpc) is 2.99. The molecule has 3 rings (SSSR count). The molecular formula is C20H20F2O6. The number of halogens is 2. The molecule has 1 aliphatic rings. The van der Waals surface area contributed by atoms with Crippen LogP contribution in [0, 0.1) is 0 Å². The second-order valence-electron chi connectivity index (χ2n) is 6.20. The number of aliphatic hydroxyl groups is 1. The zero-order chi connectivity index (χ0) is 20.2. The van der Waals surface area contributed by atoms with Gasteiger partial charge in [0.2, 0.25) is 0 Å². The largest absolute Gasteiger partial charge is 0.586 e. The fourth-order valence-electron chi connectivity index (χ4n) is 2.81. The molecule has 1 N–H and O–H groups in total. The van der Waals surface area contributed by atoms with Crippen molar-refractivity contribution in [3.8, 4) is 11.5 Å². The molecule has 28 heavy (non-hydrogen) atoms. The van der Waals surface area contributed by atoms with Crippen LogP contribution >= 0.6 is 0 Å². The quantitative estimate of drug-likeness (QED) is 0.547. The summed E-state index contributed by atoms with van der Waals surface area (Å²) in [7, 11) is 0. The van der Waals surface area contributed by atoms with Crippen molar-refractivity contribution >= 4 is 5.97 Å². The van der Waals surface area contributed by atoms with Crippen molar-refractivity contribution in [2.24, 2.45) is 0 Å². The molecule has 0 radical (unpaired) electrons. The van der Waals surface area contributed by atoms with Gasteiger partial charge in [-0.1, -0.05) is 36.4 Å². The van der Waals surface area contributed by atoms with Crippen molar-refractivity contribution in [3.63, 3.8) is 0 Å². The summed E-state index contributed by atoms with van der Waals surface area (Å²) in [6.45, 7) is 1.99. The number of hydrogen-bond donors (Lipinski definition) is 1. The molecule has 0 saturated carbocycles. The lowest BCUT2D eigenvalue weighted by atomic mass is 9.90. The second-order valence-corrected chi connectivity index (χ2v) is 6.20. The van der Waals surface area contributed by atoms with Crippen LogP contribution in [0.1, 0.15) is 24.5 Å². The van der Waals surface area contributed by atoms with Gasteiger partial charge in [-0.15, -0.1) is 8.78 Å². The molecule has 0 aromatic heterocycles. The van der Waals surface area contributed by atoms with Gasteiger partial charge in [-0.2, -0.15) is 0 Å². The molecule has 8 heteroatoms. The number of alkyl halides is 2. The standard InChI is InChI=1S/C20H20F2O6/c1-2-26-18(23)19(24,10-11-25-13-14-6-4-3-5-7-14)15-8-9-16-17(12-15)28-20(21,22)27-16/h3-9,12,24H,2,10-11,13H2,1H3. The Morgan fingerprint density at radius 3 is 2.57 bits per heavy atom. The summed E-state index contributed by atoms with van der Waals surface area (Å²) in [5.41, 5.74) is -1.09. The third kappa shape index (κ3) is 4.40. The third-order valence-electron chi connectivity index (χ3n) is 4.21. The van der Waals surface area contributed by atoms with Crippen LogP contribution in [0.4, 0.5) is 8.78 Å². The van der Waals surface area contributed by atoms with E-state index in [2.05, 4.69) is 9.47 Å². The van der Waals surface area contributed by atoms with E-state index < -0.39 is 17.9 Å². The lowest BCUT2D eigenvalue weighted by Crippen LogP contribution is -2.38. The summed E-state index contributed by atoms with van der Waals surface area (Å²) < 4.78 is 45.7. The summed E-state index contributed by atoms with van der Waals surface area (Å²) in [5, 5.41) is 11.0. The monoisotopic (exact) mass is 394 g/mol. The molecule has 1 heterocycles. The molecule has 2 aromatic rings. The second kappa shape index (κ2) is 8.12. The highest BCUT2D eigenvalue weighted by Gasteiger charge is 2.46. The van der Waals surface area contributed by atoms with E-state index in [0.717, 1.165) is 11.6 Å². The maximum atomic E-state index is 13.2. The minimum atomic E-state index is -3.79. The van der Waals surface area contributed by atoms with Gasteiger partial charge in [0.1, 0.15) is 0 Å². The number of hydrogen-bond acceptors (Lipinski definition) is 6.